The molecule has 3 N–H and O–H groups in total. The van der Waals surface area contributed by atoms with Crippen LogP contribution in [-0.2, 0) is 17.8 Å². The van der Waals surface area contributed by atoms with Crippen molar-refractivity contribution < 1.29 is 9.59 Å². The van der Waals surface area contributed by atoms with Gasteiger partial charge in [-0.2, -0.15) is 0 Å². The molecule has 0 bridgehead atoms. The molecule has 0 aliphatic carbocycles. The Morgan fingerprint density at radius 3 is 2.52 bits per heavy atom. The molecular weight excluding hydrogens is 386 g/mol. The SMILES string of the molecule is CCCCc1c[c]c2c3c(C(N)=O)cccc3n(Cc3ccc(NC(C)=O)cc3)c2c1. The van der Waals surface area contributed by atoms with Gasteiger partial charge in [0.15, 0.2) is 0 Å². The van der Waals surface area contributed by atoms with Gasteiger partial charge >= 0.3 is 0 Å². The van der Waals surface area contributed by atoms with E-state index >= 15 is 0 Å². The number of anilines is 1. The highest BCUT2D eigenvalue weighted by Gasteiger charge is 2.17. The number of carbonyl (C=O) groups excluding carboxylic acids is 2. The lowest BCUT2D eigenvalue weighted by Gasteiger charge is -2.10. The van der Waals surface area contributed by atoms with E-state index in [1.165, 1.54) is 12.5 Å². The van der Waals surface area contributed by atoms with Crippen LogP contribution in [0.5, 0.6) is 0 Å². The van der Waals surface area contributed by atoms with Gasteiger partial charge in [0.1, 0.15) is 0 Å². The molecule has 1 aromatic heterocycles. The number of primary amides is 1. The van der Waals surface area contributed by atoms with Crippen LogP contribution in [0.2, 0.25) is 0 Å². The Hall–Kier alpha value is -3.60. The van der Waals surface area contributed by atoms with E-state index in [1.54, 1.807) is 6.07 Å². The van der Waals surface area contributed by atoms with Gasteiger partial charge in [-0.05, 0) is 60.4 Å². The van der Waals surface area contributed by atoms with Gasteiger partial charge < -0.3 is 15.6 Å². The maximum absolute atomic E-state index is 12.1. The molecular formula is C26H26N3O2. The molecule has 0 aliphatic rings. The lowest BCUT2D eigenvalue weighted by atomic mass is 10.0. The average molecular weight is 413 g/mol. The Balaban J connectivity index is 1.85. The quantitative estimate of drug-likeness (QED) is 0.446. The standard InChI is InChI=1S/C26H26N3O2/c1-3-4-6-18-11-14-21-24(15-18)29(23-8-5-7-22(25(21)23)26(27)31)16-19-9-12-20(13-10-19)28-17(2)30/h5,7-13,15H,3-4,6,16H2,1-2H3,(H2,27,31)(H,28,30). The van der Waals surface area contributed by atoms with Crippen molar-refractivity contribution in [1.82, 2.24) is 4.57 Å². The second-order valence-corrected chi connectivity index (χ2v) is 7.90. The van der Waals surface area contributed by atoms with Crippen molar-refractivity contribution in [2.75, 3.05) is 5.32 Å². The first kappa shape index (κ1) is 20.7. The molecule has 0 unspecified atom stereocenters. The molecule has 0 aliphatic heterocycles. The van der Waals surface area contributed by atoms with Crippen molar-refractivity contribution in [3.05, 3.63) is 77.4 Å². The first-order valence-electron chi connectivity index (χ1n) is 10.6. The normalized spacial score (nSPS) is 11.2. The summed E-state index contributed by atoms with van der Waals surface area (Å²) in [5, 5.41) is 4.56. The first-order chi connectivity index (χ1) is 15.0. The summed E-state index contributed by atoms with van der Waals surface area (Å²) < 4.78 is 2.22. The molecule has 0 saturated heterocycles. The third kappa shape index (κ3) is 4.17. The van der Waals surface area contributed by atoms with Crippen molar-refractivity contribution in [1.29, 1.82) is 0 Å². The second-order valence-electron chi connectivity index (χ2n) is 7.90. The van der Waals surface area contributed by atoms with E-state index in [1.807, 2.05) is 42.5 Å². The molecule has 2 amide bonds. The Labute approximate surface area is 181 Å². The van der Waals surface area contributed by atoms with Crippen molar-refractivity contribution in [2.24, 2.45) is 5.73 Å². The summed E-state index contributed by atoms with van der Waals surface area (Å²) in [6.45, 7) is 4.31. The minimum Gasteiger partial charge on any atom is -0.366 e. The van der Waals surface area contributed by atoms with Gasteiger partial charge in [-0.25, -0.2) is 0 Å². The zero-order valence-corrected chi connectivity index (χ0v) is 17.9. The number of benzene rings is 3. The topological polar surface area (TPSA) is 77.1 Å². The minimum absolute atomic E-state index is 0.0933. The lowest BCUT2D eigenvalue weighted by molar-refractivity contribution is -0.114. The molecule has 31 heavy (non-hydrogen) atoms. The summed E-state index contributed by atoms with van der Waals surface area (Å²) in [4.78, 5) is 23.4. The second kappa shape index (κ2) is 8.64. The van der Waals surface area contributed by atoms with Gasteiger partial charge in [-0.1, -0.05) is 37.6 Å². The largest absolute Gasteiger partial charge is 0.366 e. The van der Waals surface area contributed by atoms with Crippen LogP contribution in [0.3, 0.4) is 0 Å². The van der Waals surface area contributed by atoms with Gasteiger partial charge in [-0.15, -0.1) is 0 Å². The van der Waals surface area contributed by atoms with E-state index < -0.39 is 5.91 Å². The third-order valence-electron chi connectivity index (χ3n) is 5.55. The van der Waals surface area contributed by atoms with Crippen LogP contribution in [0.15, 0.2) is 54.6 Å². The number of aromatic nitrogens is 1. The van der Waals surface area contributed by atoms with Crippen molar-refractivity contribution in [3.63, 3.8) is 0 Å². The summed E-state index contributed by atoms with van der Waals surface area (Å²) in [7, 11) is 0. The predicted octanol–water partition coefficient (Wildman–Crippen LogP) is 5.04. The fourth-order valence-corrected chi connectivity index (χ4v) is 4.08. The molecule has 4 rings (SSSR count). The van der Waals surface area contributed by atoms with Crippen LogP contribution in [0.1, 0.15) is 48.2 Å². The maximum atomic E-state index is 12.1. The van der Waals surface area contributed by atoms with Crippen molar-refractivity contribution >= 4 is 39.3 Å². The van der Waals surface area contributed by atoms with Crippen LogP contribution in [0, 0.1) is 6.07 Å². The average Bonchev–Trinajstić information content (AvgIpc) is 3.06. The zero-order valence-electron chi connectivity index (χ0n) is 17.9. The molecule has 157 valence electrons. The van der Waals surface area contributed by atoms with E-state index in [0.29, 0.717) is 12.1 Å². The number of fused-ring (bicyclic) bond motifs is 3. The third-order valence-corrected chi connectivity index (χ3v) is 5.55. The Bertz CT molecular complexity index is 1270. The van der Waals surface area contributed by atoms with Gasteiger partial charge in [-0.3, -0.25) is 9.59 Å². The van der Waals surface area contributed by atoms with Gasteiger partial charge in [0.05, 0.1) is 11.0 Å². The number of hydrogen-bond donors (Lipinski definition) is 2. The Morgan fingerprint density at radius 2 is 1.84 bits per heavy atom. The molecule has 0 atom stereocenters. The monoisotopic (exact) mass is 412 g/mol. The van der Waals surface area contributed by atoms with Crippen LogP contribution >= 0.6 is 0 Å². The first-order valence-corrected chi connectivity index (χ1v) is 10.6. The number of aryl methyl sites for hydroxylation is 1. The molecule has 1 heterocycles. The molecule has 0 saturated carbocycles. The number of nitrogens with two attached hydrogens (primary N) is 1. The Kier molecular flexibility index (Phi) is 5.76. The molecule has 4 aromatic rings. The highest BCUT2D eigenvalue weighted by Crippen LogP contribution is 2.33. The predicted molar refractivity (Wildman–Crippen MR) is 125 cm³/mol. The van der Waals surface area contributed by atoms with E-state index in [-0.39, 0.29) is 5.91 Å². The number of unbranched alkanes of at least 4 members (excludes halogenated alkanes) is 1. The smallest absolute Gasteiger partial charge is 0.249 e. The molecule has 1 radical (unpaired) electrons. The highest BCUT2D eigenvalue weighted by molar-refractivity contribution is 6.17. The van der Waals surface area contributed by atoms with Gasteiger partial charge in [0.2, 0.25) is 11.8 Å². The van der Waals surface area contributed by atoms with E-state index in [2.05, 4.69) is 28.9 Å². The molecule has 3 aromatic carbocycles. The number of carbonyl (C=O) groups is 2. The van der Waals surface area contributed by atoms with Crippen LogP contribution in [-0.4, -0.2) is 16.4 Å². The molecule has 5 heteroatoms. The van der Waals surface area contributed by atoms with E-state index in [4.69, 9.17) is 5.73 Å². The van der Waals surface area contributed by atoms with Gasteiger partial charge in [0, 0.05) is 35.5 Å². The number of rotatable bonds is 7. The van der Waals surface area contributed by atoms with Crippen molar-refractivity contribution in [3.8, 4) is 0 Å². The van der Waals surface area contributed by atoms with Crippen LogP contribution in [0.25, 0.3) is 21.8 Å². The number of nitrogens with one attached hydrogen (secondary N) is 1. The number of amides is 2. The minimum atomic E-state index is -0.437. The Morgan fingerprint density at radius 1 is 1.06 bits per heavy atom. The number of nitrogens with zero attached hydrogens (tertiary/aromatic N) is 1. The van der Waals surface area contributed by atoms with Crippen LogP contribution in [0.4, 0.5) is 5.69 Å². The summed E-state index contributed by atoms with van der Waals surface area (Å²) in [6.07, 6.45) is 3.25. The summed E-state index contributed by atoms with van der Waals surface area (Å²) in [5.41, 5.74) is 11.3. The maximum Gasteiger partial charge on any atom is 0.249 e. The summed E-state index contributed by atoms with van der Waals surface area (Å²) >= 11 is 0. The summed E-state index contributed by atoms with van der Waals surface area (Å²) in [5.74, 6) is -0.531. The molecule has 0 fully saturated rings. The highest BCUT2D eigenvalue weighted by atomic mass is 16.1. The fraction of sp³-hybridized carbons (Fsp3) is 0.231. The van der Waals surface area contributed by atoms with Crippen LogP contribution < -0.4 is 11.1 Å². The molecule has 0 spiro atoms. The van der Waals surface area contributed by atoms with E-state index in [0.717, 1.165) is 52.3 Å². The zero-order chi connectivity index (χ0) is 22.0. The van der Waals surface area contributed by atoms with Gasteiger partial charge in [0.25, 0.3) is 0 Å². The lowest BCUT2D eigenvalue weighted by Crippen LogP contribution is -2.11. The fourth-order valence-electron chi connectivity index (χ4n) is 4.08. The number of hydrogen-bond acceptors (Lipinski definition) is 2. The summed E-state index contributed by atoms with van der Waals surface area (Å²) in [6, 6.07) is 21.1. The molecule has 5 nitrogen and oxygen atoms in total. The van der Waals surface area contributed by atoms with E-state index in [9.17, 15) is 9.59 Å². The van der Waals surface area contributed by atoms with Crippen molar-refractivity contribution in [2.45, 2.75) is 39.7 Å².